The van der Waals surface area contributed by atoms with E-state index in [0.29, 0.717) is 5.92 Å². The van der Waals surface area contributed by atoms with Crippen LogP contribution in [0.3, 0.4) is 0 Å². The summed E-state index contributed by atoms with van der Waals surface area (Å²) in [4.78, 5) is 6.85. The Morgan fingerprint density at radius 3 is 2.50 bits per heavy atom. The summed E-state index contributed by atoms with van der Waals surface area (Å²) in [6, 6.07) is 10.4. The van der Waals surface area contributed by atoms with Crippen LogP contribution < -0.4 is 10.6 Å². The average molecular weight is 416 g/mol. The lowest BCUT2D eigenvalue weighted by atomic mass is 10.1. The van der Waals surface area contributed by atoms with Gasteiger partial charge in [0.05, 0.1) is 0 Å². The van der Waals surface area contributed by atoms with Crippen LogP contribution in [0.2, 0.25) is 0 Å². The van der Waals surface area contributed by atoms with E-state index in [1.165, 1.54) is 38.0 Å². The van der Waals surface area contributed by atoms with Crippen LogP contribution in [-0.4, -0.2) is 44.1 Å². The molecule has 0 bridgehead atoms. The van der Waals surface area contributed by atoms with E-state index in [1.807, 2.05) is 13.1 Å². The Morgan fingerprint density at radius 1 is 1.18 bits per heavy atom. The van der Waals surface area contributed by atoms with Crippen molar-refractivity contribution in [3.63, 3.8) is 0 Å². The third-order valence-electron chi connectivity index (χ3n) is 3.91. The van der Waals surface area contributed by atoms with Gasteiger partial charge in [0, 0.05) is 26.7 Å². The molecular formula is C17H29IN4. The van der Waals surface area contributed by atoms with Crippen LogP contribution in [0, 0.1) is 5.92 Å². The fraction of sp³-hybridized carbons (Fsp3) is 0.588. The molecule has 1 fully saturated rings. The van der Waals surface area contributed by atoms with Crippen LogP contribution in [0.25, 0.3) is 0 Å². The Hall–Kier alpha value is -0.820. The molecule has 0 radical (unpaired) electrons. The zero-order chi connectivity index (χ0) is 14.9. The SMILES string of the molecule is CN=C(NCc1ccccc1)NCC(C)CN1CCCC1.I. The minimum Gasteiger partial charge on any atom is -0.356 e. The number of rotatable bonds is 6. The topological polar surface area (TPSA) is 39.7 Å². The quantitative estimate of drug-likeness (QED) is 0.426. The summed E-state index contributed by atoms with van der Waals surface area (Å²) in [7, 11) is 1.82. The summed E-state index contributed by atoms with van der Waals surface area (Å²) < 4.78 is 0. The van der Waals surface area contributed by atoms with Gasteiger partial charge < -0.3 is 15.5 Å². The lowest BCUT2D eigenvalue weighted by molar-refractivity contribution is 0.287. The van der Waals surface area contributed by atoms with Crippen molar-refractivity contribution in [2.24, 2.45) is 10.9 Å². The summed E-state index contributed by atoms with van der Waals surface area (Å²) in [5.41, 5.74) is 1.27. The fourth-order valence-electron chi connectivity index (χ4n) is 2.74. The molecule has 1 saturated heterocycles. The normalized spacial score (nSPS) is 16.9. The Labute approximate surface area is 151 Å². The molecule has 1 aromatic carbocycles. The molecule has 1 aromatic rings. The van der Waals surface area contributed by atoms with Crippen molar-refractivity contribution < 1.29 is 0 Å². The Kier molecular flexibility index (Phi) is 9.47. The molecule has 1 aliphatic heterocycles. The summed E-state index contributed by atoms with van der Waals surface area (Å²) in [6.07, 6.45) is 2.72. The number of hydrogen-bond acceptors (Lipinski definition) is 2. The smallest absolute Gasteiger partial charge is 0.191 e. The van der Waals surface area contributed by atoms with Crippen LogP contribution in [0.4, 0.5) is 0 Å². The fourth-order valence-corrected chi connectivity index (χ4v) is 2.74. The van der Waals surface area contributed by atoms with Gasteiger partial charge in [0.15, 0.2) is 5.96 Å². The molecule has 2 rings (SSSR count). The van der Waals surface area contributed by atoms with Gasteiger partial charge in [-0.05, 0) is 37.4 Å². The van der Waals surface area contributed by atoms with Gasteiger partial charge in [-0.1, -0.05) is 37.3 Å². The van der Waals surface area contributed by atoms with E-state index in [1.54, 1.807) is 0 Å². The van der Waals surface area contributed by atoms with Crippen molar-refractivity contribution in [2.45, 2.75) is 26.3 Å². The van der Waals surface area contributed by atoms with Crippen LogP contribution in [-0.2, 0) is 6.54 Å². The molecule has 2 N–H and O–H groups in total. The minimum atomic E-state index is 0. The number of guanidine groups is 1. The molecule has 0 aromatic heterocycles. The predicted octanol–water partition coefficient (Wildman–Crippen LogP) is 2.70. The van der Waals surface area contributed by atoms with Crippen molar-refractivity contribution >= 4 is 29.9 Å². The Balaban J connectivity index is 0.00000242. The van der Waals surface area contributed by atoms with E-state index < -0.39 is 0 Å². The first-order valence-electron chi connectivity index (χ1n) is 7.98. The summed E-state index contributed by atoms with van der Waals surface area (Å²) >= 11 is 0. The Bertz CT molecular complexity index is 430. The standard InChI is InChI=1S/C17H28N4.HI/c1-15(14-21-10-6-7-11-21)12-19-17(18-2)20-13-16-8-4-3-5-9-16;/h3-5,8-9,15H,6-7,10-14H2,1-2H3,(H2,18,19,20);1H. The van der Waals surface area contributed by atoms with E-state index in [0.717, 1.165) is 19.0 Å². The summed E-state index contributed by atoms with van der Waals surface area (Å²) in [5.74, 6) is 1.52. The zero-order valence-electron chi connectivity index (χ0n) is 13.7. The number of benzene rings is 1. The van der Waals surface area contributed by atoms with Gasteiger partial charge in [-0.3, -0.25) is 4.99 Å². The maximum absolute atomic E-state index is 4.29. The molecule has 0 aliphatic carbocycles. The van der Waals surface area contributed by atoms with Crippen molar-refractivity contribution in [1.29, 1.82) is 0 Å². The van der Waals surface area contributed by atoms with Gasteiger partial charge in [0.2, 0.25) is 0 Å². The second-order valence-corrected chi connectivity index (χ2v) is 5.91. The first-order chi connectivity index (χ1) is 10.3. The predicted molar refractivity (Wildman–Crippen MR) is 105 cm³/mol. The molecule has 22 heavy (non-hydrogen) atoms. The van der Waals surface area contributed by atoms with Crippen molar-refractivity contribution in [3.8, 4) is 0 Å². The van der Waals surface area contributed by atoms with Crippen LogP contribution >= 0.6 is 24.0 Å². The van der Waals surface area contributed by atoms with Crippen LogP contribution in [0.1, 0.15) is 25.3 Å². The lowest BCUT2D eigenvalue weighted by Crippen LogP contribution is -2.41. The van der Waals surface area contributed by atoms with Gasteiger partial charge in [-0.25, -0.2) is 0 Å². The summed E-state index contributed by atoms with van der Waals surface area (Å²) in [6.45, 7) is 7.79. The molecule has 0 saturated carbocycles. The molecule has 1 aliphatic rings. The molecular weight excluding hydrogens is 387 g/mol. The number of halogens is 1. The van der Waals surface area contributed by atoms with E-state index in [-0.39, 0.29) is 24.0 Å². The molecule has 0 spiro atoms. The summed E-state index contributed by atoms with van der Waals surface area (Å²) in [5, 5.41) is 6.79. The second-order valence-electron chi connectivity index (χ2n) is 5.91. The van der Waals surface area contributed by atoms with Gasteiger partial charge in [0.25, 0.3) is 0 Å². The van der Waals surface area contributed by atoms with Crippen molar-refractivity contribution in [2.75, 3.05) is 33.2 Å². The first kappa shape index (κ1) is 19.2. The van der Waals surface area contributed by atoms with E-state index in [9.17, 15) is 0 Å². The first-order valence-corrected chi connectivity index (χ1v) is 7.98. The molecule has 1 atom stereocenters. The average Bonchev–Trinajstić information content (AvgIpc) is 3.01. The Morgan fingerprint density at radius 2 is 1.86 bits per heavy atom. The second kappa shape index (κ2) is 10.8. The maximum atomic E-state index is 4.29. The molecule has 1 unspecified atom stereocenters. The van der Waals surface area contributed by atoms with Gasteiger partial charge in [0.1, 0.15) is 0 Å². The molecule has 0 amide bonds. The molecule has 1 heterocycles. The van der Waals surface area contributed by atoms with Crippen molar-refractivity contribution in [3.05, 3.63) is 35.9 Å². The number of aliphatic imine (C=N–C) groups is 1. The third-order valence-corrected chi connectivity index (χ3v) is 3.91. The number of hydrogen-bond donors (Lipinski definition) is 2. The van der Waals surface area contributed by atoms with Gasteiger partial charge in [-0.15, -0.1) is 24.0 Å². The molecule has 5 heteroatoms. The number of nitrogens with zero attached hydrogens (tertiary/aromatic N) is 2. The van der Waals surface area contributed by atoms with Gasteiger partial charge in [-0.2, -0.15) is 0 Å². The van der Waals surface area contributed by atoms with Crippen LogP contribution in [0.5, 0.6) is 0 Å². The monoisotopic (exact) mass is 416 g/mol. The highest BCUT2D eigenvalue weighted by Gasteiger charge is 2.14. The zero-order valence-corrected chi connectivity index (χ0v) is 16.0. The molecule has 4 nitrogen and oxygen atoms in total. The van der Waals surface area contributed by atoms with E-state index in [4.69, 9.17) is 0 Å². The van der Waals surface area contributed by atoms with Crippen LogP contribution in [0.15, 0.2) is 35.3 Å². The maximum Gasteiger partial charge on any atom is 0.191 e. The lowest BCUT2D eigenvalue weighted by Gasteiger charge is -2.21. The number of likely N-dealkylation sites (tertiary alicyclic amines) is 1. The molecule has 124 valence electrons. The highest BCUT2D eigenvalue weighted by molar-refractivity contribution is 14.0. The van der Waals surface area contributed by atoms with E-state index in [2.05, 4.69) is 51.7 Å². The van der Waals surface area contributed by atoms with E-state index >= 15 is 0 Å². The highest BCUT2D eigenvalue weighted by atomic mass is 127. The largest absolute Gasteiger partial charge is 0.356 e. The van der Waals surface area contributed by atoms with Gasteiger partial charge >= 0.3 is 0 Å². The van der Waals surface area contributed by atoms with Crippen molar-refractivity contribution in [1.82, 2.24) is 15.5 Å². The minimum absolute atomic E-state index is 0. The highest BCUT2D eigenvalue weighted by Crippen LogP contribution is 2.09. The number of nitrogens with one attached hydrogen (secondary N) is 2. The third kappa shape index (κ3) is 6.96.